The van der Waals surface area contributed by atoms with Crippen molar-refractivity contribution in [2.24, 2.45) is 0 Å². The average molecular weight is 259 g/mol. The molecule has 1 heterocycles. The highest BCUT2D eigenvalue weighted by molar-refractivity contribution is 7.17. The molecule has 1 N–H and O–H groups in total. The highest BCUT2D eigenvalue weighted by atomic mass is 32.1. The molecule has 1 aromatic carbocycles. The number of unbranched alkanes of at least 4 members (excludes halogenated alkanes) is 2. The summed E-state index contributed by atoms with van der Waals surface area (Å²) in [6, 6.07) is 9.63. The molecule has 0 atom stereocenters. The van der Waals surface area contributed by atoms with Crippen LogP contribution in [0.1, 0.15) is 37.7 Å². The van der Waals surface area contributed by atoms with Gasteiger partial charge in [-0.25, -0.2) is 0 Å². The molecule has 0 amide bonds. The van der Waals surface area contributed by atoms with Gasteiger partial charge in [0, 0.05) is 10.7 Å². The zero-order chi connectivity index (χ0) is 12.2. The van der Waals surface area contributed by atoms with Crippen molar-refractivity contribution in [3.63, 3.8) is 0 Å². The van der Waals surface area contributed by atoms with Gasteiger partial charge in [0.1, 0.15) is 0 Å². The van der Waals surface area contributed by atoms with E-state index in [0.717, 1.165) is 6.04 Å². The largest absolute Gasteiger partial charge is 0.314 e. The maximum atomic E-state index is 3.58. The molecule has 96 valence electrons. The molecule has 1 saturated carbocycles. The lowest BCUT2D eigenvalue weighted by atomic mass is 10.1. The van der Waals surface area contributed by atoms with E-state index in [0.29, 0.717) is 0 Å². The van der Waals surface area contributed by atoms with E-state index >= 15 is 0 Å². The molecule has 0 radical (unpaired) electrons. The maximum Gasteiger partial charge on any atom is 0.0345 e. The van der Waals surface area contributed by atoms with E-state index in [9.17, 15) is 0 Å². The Labute approximate surface area is 113 Å². The standard InChI is InChI=1S/C16H21NS/c1(5-11-17-14-9-10-14)2-6-13-12-18-16-8-4-3-7-15(13)16/h3-4,7-8,12,14,17H,1-2,5-6,9-11H2. The molecule has 1 fully saturated rings. The molecular weight excluding hydrogens is 238 g/mol. The van der Waals surface area contributed by atoms with Crippen molar-refractivity contribution >= 4 is 21.4 Å². The highest BCUT2D eigenvalue weighted by Crippen LogP contribution is 2.26. The third-order valence-corrected chi connectivity index (χ3v) is 4.71. The van der Waals surface area contributed by atoms with Crippen molar-refractivity contribution in [2.75, 3.05) is 6.54 Å². The van der Waals surface area contributed by atoms with Crippen molar-refractivity contribution < 1.29 is 0 Å². The molecular formula is C16H21NS. The van der Waals surface area contributed by atoms with Crippen LogP contribution in [0.5, 0.6) is 0 Å². The molecule has 0 unspecified atom stereocenters. The van der Waals surface area contributed by atoms with Crippen LogP contribution in [0, 0.1) is 0 Å². The number of thiophene rings is 1. The molecule has 0 spiro atoms. The third kappa shape index (κ3) is 3.12. The van der Waals surface area contributed by atoms with Crippen molar-refractivity contribution in [1.82, 2.24) is 5.32 Å². The summed E-state index contributed by atoms with van der Waals surface area (Å²) in [4.78, 5) is 0. The Morgan fingerprint density at radius 3 is 2.89 bits per heavy atom. The second-order valence-corrected chi connectivity index (χ2v) is 6.21. The number of nitrogens with one attached hydrogen (secondary N) is 1. The molecule has 1 aliphatic carbocycles. The van der Waals surface area contributed by atoms with E-state index in [1.165, 1.54) is 55.2 Å². The number of hydrogen-bond donors (Lipinski definition) is 1. The smallest absolute Gasteiger partial charge is 0.0345 e. The van der Waals surface area contributed by atoms with Crippen molar-refractivity contribution in [3.8, 4) is 0 Å². The van der Waals surface area contributed by atoms with Gasteiger partial charge in [-0.1, -0.05) is 24.6 Å². The quantitative estimate of drug-likeness (QED) is 0.728. The van der Waals surface area contributed by atoms with Gasteiger partial charge in [-0.05, 0) is 61.0 Å². The van der Waals surface area contributed by atoms with Gasteiger partial charge in [0.2, 0.25) is 0 Å². The molecule has 2 heteroatoms. The lowest BCUT2D eigenvalue weighted by molar-refractivity contribution is 0.601. The summed E-state index contributed by atoms with van der Waals surface area (Å²) in [5.41, 5.74) is 1.55. The molecule has 0 aliphatic heterocycles. The van der Waals surface area contributed by atoms with Gasteiger partial charge in [0.25, 0.3) is 0 Å². The first-order valence-electron chi connectivity index (χ1n) is 7.12. The van der Waals surface area contributed by atoms with E-state index in [-0.39, 0.29) is 0 Å². The summed E-state index contributed by atoms with van der Waals surface area (Å²) in [6.07, 6.45) is 8.06. The zero-order valence-corrected chi connectivity index (χ0v) is 11.6. The van der Waals surface area contributed by atoms with Crippen LogP contribution < -0.4 is 5.32 Å². The minimum absolute atomic E-state index is 0.866. The summed E-state index contributed by atoms with van der Waals surface area (Å²) in [6.45, 7) is 1.22. The first-order valence-corrected chi connectivity index (χ1v) is 8.00. The van der Waals surface area contributed by atoms with Crippen LogP contribution in [0.2, 0.25) is 0 Å². The van der Waals surface area contributed by atoms with E-state index in [1.807, 2.05) is 11.3 Å². The molecule has 3 rings (SSSR count). The first-order chi connectivity index (χ1) is 8.93. The first kappa shape index (κ1) is 12.2. The summed E-state index contributed by atoms with van der Waals surface area (Å²) in [5, 5.41) is 7.39. The SMILES string of the molecule is c1ccc2c(CCCCCNC3CC3)csc2c1. The summed E-state index contributed by atoms with van der Waals surface area (Å²) >= 11 is 1.88. The Hall–Kier alpha value is -0.860. The van der Waals surface area contributed by atoms with Gasteiger partial charge in [0.05, 0.1) is 0 Å². The minimum atomic E-state index is 0.866. The maximum absolute atomic E-state index is 3.58. The Balaban J connectivity index is 1.41. The van der Waals surface area contributed by atoms with Crippen LogP contribution in [0.4, 0.5) is 0 Å². The van der Waals surface area contributed by atoms with Gasteiger partial charge in [0.15, 0.2) is 0 Å². The van der Waals surface area contributed by atoms with E-state index in [1.54, 1.807) is 5.56 Å². The average Bonchev–Trinajstić information content (AvgIpc) is 3.14. The minimum Gasteiger partial charge on any atom is -0.314 e. The Morgan fingerprint density at radius 2 is 2.00 bits per heavy atom. The Bertz CT molecular complexity index is 499. The normalized spacial score (nSPS) is 15.3. The fourth-order valence-corrected chi connectivity index (χ4v) is 3.43. The van der Waals surface area contributed by atoms with Crippen LogP contribution in [0.25, 0.3) is 10.1 Å². The van der Waals surface area contributed by atoms with Crippen LogP contribution >= 0.6 is 11.3 Å². The monoisotopic (exact) mass is 259 g/mol. The molecule has 1 nitrogen and oxygen atoms in total. The number of benzene rings is 1. The van der Waals surface area contributed by atoms with Crippen molar-refractivity contribution in [1.29, 1.82) is 0 Å². The zero-order valence-electron chi connectivity index (χ0n) is 10.8. The van der Waals surface area contributed by atoms with Gasteiger partial charge in [-0.3, -0.25) is 0 Å². The molecule has 0 saturated heterocycles. The molecule has 18 heavy (non-hydrogen) atoms. The summed E-state index contributed by atoms with van der Waals surface area (Å²) < 4.78 is 1.43. The van der Waals surface area contributed by atoms with E-state index in [2.05, 4.69) is 35.0 Å². The molecule has 0 bridgehead atoms. The second kappa shape index (κ2) is 5.85. The topological polar surface area (TPSA) is 12.0 Å². The Kier molecular flexibility index (Phi) is 3.96. The van der Waals surface area contributed by atoms with Gasteiger partial charge in [-0.15, -0.1) is 11.3 Å². The molecule has 1 aromatic heterocycles. The lowest BCUT2D eigenvalue weighted by Crippen LogP contribution is -2.17. The molecule has 1 aliphatic rings. The van der Waals surface area contributed by atoms with Gasteiger partial charge >= 0.3 is 0 Å². The fraction of sp³-hybridized carbons (Fsp3) is 0.500. The molecule has 2 aromatic rings. The predicted molar refractivity (Wildman–Crippen MR) is 80.4 cm³/mol. The number of hydrogen-bond acceptors (Lipinski definition) is 2. The third-order valence-electron chi connectivity index (χ3n) is 3.69. The predicted octanol–water partition coefficient (Wildman–Crippen LogP) is 4.37. The van der Waals surface area contributed by atoms with Crippen molar-refractivity contribution in [3.05, 3.63) is 35.2 Å². The van der Waals surface area contributed by atoms with E-state index < -0.39 is 0 Å². The lowest BCUT2D eigenvalue weighted by Gasteiger charge is -2.02. The number of fused-ring (bicyclic) bond motifs is 1. The number of rotatable bonds is 7. The fourth-order valence-electron chi connectivity index (χ4n) is 2.44. The summed E-state index contributed by atoms with van der Waals surface area (Å²) in [5.74, 6) is 0. The second-order valence-electron chi connectivity index (χ2n) is 5.30. The van der Waals surface area contributed by atoms with Gasteiger partial charge < -0.3 is 5.32 Å². The highest BCUT2D eigenvalue weighted by Gasteiger charge is 2.19. The van der Waals surface area contributed by atoms with Crippen LogP contribution in [-0.2, 0) is 6.42 Å². The van der Waals surface area contributed by atoms with Crippen LogP contribution in [-0.4, -0.2) is 12.6 Å². The van der Waals surface area contributed by atoms with E-state index in [4.69, 9.17) is 0 Å². The van der Waals surface area contributed by atoms with Crippen molar-refractivity contribution in [2.45, 2.75) is 44.6 Å². The summed E-state index contributed by atoms with van der Waals surface area (Å²) in [7, 11) is 0. The van der Waals surface area contributed by atoms with Crippen LogP contribution in [0.15, 0.2) is 29.6 Å². The Morgan fingerprint density at radius 1 is 1.11 bits per heavy atom. The van der Waals surface area contributed by atoms with Gasteiger partial charge in [-0.2, -0.15) is 0 Å². The number of aryl methyl sites for hydroxylation is 1. The van der Waals surface area contributed by atoms with Crippen LogP contribution in [0.3, 0.4) is 0 Å².